The molecule has 118 valence electrons. The summed E-state index contributed by atoms with van der Waals surface area (Å²) in [7, 11) is 3.78. The Balaban J connectivity index is 1.73. The summed E-state index contributed by atoms with van der Waals surface area (Å²) in [6, 6.07) is 8.32. The van der Waals surface area contributed by atoms with Crippen LogP contribution in [0.3, 0.4) is 0 Å². The molecule has 0 aliphatic carbocycles. The summed E-state index contributed by atoms with van der Waals surface area (Å²) in [6.07, 6.45) is 3.93. The lowest BCUT2D eigenvalue weighted by Crippen LogP contribution is -2.46. The molecular weight excluding hydrogens is 262 g/mol. The SMILES string of the molecule is CNCCCCCN1CCN(c2ccccc2OC)CC1. The van der Waals surface area contributed by atoms with E-state index >= 15 is 0 Å². The molecule has 0 saturated carbocycles. The van der Waals surface area contributed by atoms with E-state index in [-0.39, 0.29) is 0 Å². The molecule has 0 aromatic heterocycles. The number of rotatable bonds is 8. The Bertz CT molecular complexity index is 403. The van der Waals surface area contributed by atoms with Gasteiger partial charge in [-0.25, -0.2) is 0 Å². The van der Waals surface area contributed by atoms with Gasteiger partial charge in [-0.05, 0) is 45.1 Å². The first kappa shape index (κ1) is 16.1. The monoisotopic (exact) mass is 291 g/mol. The number of benzene rings is 1. The van der Waals surface area contributed by atoms with E-state index in [9.17, 15) is 0 Å². The van der Waals surface area contributed by atoms with Crippen LogP contribution in [0.2, 0.25) is 0 Å². The Labute approximate surface area is 129 Å². The number of piperazine rings is 1. The fourth-order valence-electron chi connectivity index (χ4n) is 2.92. The third-order valence-corrected chi connectivity index (χ3v) is 4.20. The van der Waals surface area contributed by atoms with E-state index in [0.717, 1.165) is 38.5 Å². The quantitative estimate of drug-likeness (QED) is 0.743. The molecule has 2 rings (SSSR count). The Morgan fingerprint density at radius 3 is 2.52 bits per heavy atom. The smallest absolute Gasteiger partial charge is 0.142 e. The van der Waals surface area contributed by atoms with Crippen LogP contribution in [0.1, 0.15) is 19.3 Å². The molecule has 1 N–H and O–H groups in total. The van der Waals surface area contributed by atoms with E-state index in [1.54, 1.807) is 7.11 Å². The highest BCUT2D eigenvalue weighted by atomic mass is 16.5. The van der Waals surface area contributed by atoms with Crippen molar-refractivity contribution in [1.82, 2.24) is 10.2 Å². The van der Waals surface area contributed by atoms with Gasteiger partial charge in [0, 0.05) is 26.2 Å². The second-order valence-corrected chi connectivity index (χ2v) is 5.66. The maximum Gasteiger partial charge on any atom is 0.142 e. The summed E-state index contributed by atoms with van der Waals surface area (Å²) >= 11 is 0. The van der Waals surface area contributed by atoms with E-state index in [2.05, 4.69) is 27.2 Å². The summed E-state index contributed by atoms with van der Waals surface area (Å²) < 4.78 is 5.47. The van der Waals surface area contributed by atoms with Gasteiger partial charge in [-0.2, -0.15) is 0 Å². The maximum atomic E-state index is 5.47. The van der Waals surface area contributed by atoms with Crippen molar-refractivity contribution in [3.63, 3.8) is 0 Å². The number of nitrogens with one attached hydrogen (secondary N) is 1. The van der Waals surface area contributed by atoms with E-state index in [0.29, 0.717) is 0 Å². The number of ether oxygens (including phenoxy) is 1. The first-order valence-electron chi connectivity index (χ1n) is 8.10. The number of hydrogen-bond acceptors (Lipinski definition) is 4. The molecule has 0 amide bonds. The third-order valence-electron chi connectivity index (χ3n) is 4.20. The van der Waals surface area contributed by atoms with Crippen LogP contribution in [-0.4, -0.2) is 58.3 Å². The van der Waals surface area contributed by atoms with E-state index in [4.69, 9.17) is 4.74 Å². The van der Waals surface area contributed by atoms with Crippen molar-refractivity contribution in [2.24, 2.45) is 0 Å². The normalized spacial score (nSPS) is 16.2. The molecule has 1 aromatic carbocycles. The number of para-hydroxylation sites is 2. The van der Waals surface area contributed by atoms with Crippen molar-refractivity contribution in [2.75, 3.05) is 58.3 Å². The Kier molecular flexibility index (Phi) is 6.83. The summed E-state index contributed by atoms with van der Waals surface area (Å²) in [5.74, 6) is 0.984. The average molecular weight is 291 g/mol. The summed E-state index contributed by atoms with van der Waals surface area (Å²) in [5.41, 5.74) is 1.23. The average Bonchev–Trinajstić information content (AvgIpc) is 2.55. The zero-order valence-corrected chi connectivity index (χ0v) is 13.5. The number of nitrogens with zero attached hydrogens (tertiary/aromatic N) is 2. The fourth-order valence-corrected chi connectivity index (χ4v) is 2.92. The van der Waals surface area contributed by atoms with Gasteiger partial charge in [-0.3, -0.25) is 4.90 Å². The largest absolute Gasteiger partial charge is 0.495 e. The minimum absolute atomic E-state index is 0.984. The molecule has 4 nitrogen and oxygen atoms in total. The predicted molar refractivity (Wildman–Crippen MR) is 89.4 cm³/mol. The number of anilines is 1. The molecule has 1 fully saturated rings. The van der Waals surface area contributed by atoms with Gasteiger partial charge >= 0.3 is 0 Å². The first-order valence-corrected chi connectivity index (χ1v) is 8.10. The molecule has 1 saturated heterocycles. The number of methoxy groups -OCH3 is 1. The number of unbranched alkanes of at least 4 members (excludes halogenated alkanes) is 2. The van der Waals surface area contributed by atoms with Crippen LogP contribution in [0.15, 0.2) is 24.3 Å². The Morgan fingerprint density at radius 1 is 1.05 bits per heavy atom. The first-order chi connectivity index (χ1) is 10.3. The summed E-state index contributed by atoms with van der Waals surface area (Å²) in [4.78, 5) is 5.03. The van der Waals surface area contributed by atoms with Crippen LogP contribution in [0.25, 0.3) is 0 Å². The standard InChI is InChI=1S/C17H29N3O/c1-18-10-6-3-7-11-19-12-14-20(15-13-19)16-8-4-5-9-17(16)21-2/h4-5,8-9,18H,3,6-7,10-15H2,1-2H3. The van der Waals surface area contributed by atoms with E-state index in [1.807, 2.05) is 19.2 Å². The molecule has 0 radical (unpaired) electrons. The summed E-state index contributed by atoms with van der Waals surface area (Å²) in [5, 5.41) is 3.21. The second kappa shape index (κ2) is 8.90. The van der Waals surface area contributed by atoms with Crippen LogP contribution in [0, 0.1) is 0 Å². The van der Waals surface area contributed by atoms with Crippen molar-refractivity contribution >= 4 is 5.69 Å². The van der Waals surface area contributed by atoms with Gasteiger partial charge in [0.2, 0.25) is 0 Å². The minimum Gasteiger partial charge on any atom is -0.495 e. The van der Waals surface area contributed by atoms with Crippen molar-refractivity contribution < 1.29 is 4.74 Å². The predicted octanol–water partition coefficient (Wildman–Crippen LogP) is 2.21. The van der Waals surface area contributed by atoms with Gasteiger partial charge in [-0.1, -0.05) is 18.6 Å². The molecule has 1 aromatic rings. The lowest BCUT2D eigenvalue weighted by molar-refractivity contribution is 0.251. The van der Waals surface area contributed by atoms with E-state index in [1.165, 1.54) is 31.5 Å². The molecule has 1 aliphatic rings. The third kappa shape index (κ3) is 4.90. The molecule has 4 heteroatoms. The van der Waals surface area contributed by atoms with Crippen molar-refractivity contribution in [3.05, 3.63) is 24.3 Å². The molecule has 1 heterocycles. The zero-order chi connectivity index (χ0) is 14.9. The van der Waals surface area contributed by atoms with Gasteiger partial charge < -0.3 is 15.0 Å². The molecular formula is C17H29N3O. The number of hydrogen-bond donors (Lipinski definition) is 1. The van der Waals surface area contributed by atoms with Crippen LogP contribution in [0.5, 0.6) is 5.75 Å². The molecule has 0 bridgehead atoms. The second-order valence-electron chi connectivity index (χ2n) is 5.66. The van der Waals surface area contributed by atoms with Crippen molar-refractivity contribution in [3.8, 4) is 5.75 Å². The molecule has 1 aliphatic heterocycles. The van der Waals surface area contributed by atoms with E-state index < -0.39 is 0 Å². The Hall–Kier alpha value is -1.26. The topological polar surface area (TPSA) is 27.7 Å². The lowest BCUT2D eigenvalue weighted by atomic mass is 10.2. The fraction of sp³-hybridized carbons (Fsp3) is 0.647. The van der Waals surface area contributed by atoms with Crippen molar-refractivity contribution in [1.29, 1.82) is 0 Å². The lowest BCUT2D eigenvalue weighted by Gasteiger charge is -2.36. The highest BCUT2D eigenvalue weighted by molar-refractivity contribution is 5.58. The van der Waals surface area contributed by atoms with Gasteiger partial charge in [-0.15, -0.1) is 0 Å². The maximum absolute atomic E-state index is 5.47. The molecule has 0 atom stereocenters. The van der Waals surface area contributed by atoms with Crippen LogP contribution in [0.4, 0.5) is 5.69 Å². The van der Waals surface area contributed by atoms with Crippen LogP contribution < -0.4 is 15.0 Å². The molecule has 21 heavy (non-hydrogen) atoms. The van der Waals surface area contributed by atoms with Gasteiger partial charge in [0.05, 0.1) is 12.8 Å². The van der Waals surface area contributed by atoms with Crippen LogP contribution >= 0.6 is 0 Å². The van der Waals surface area contributed by atoms with Crippen LogP contribution in [-0.2, 0) is 0 Å². The summed E-state index contributed by atoms with van der Waals surface area (Å²) in [6.45, 7) is 6.88. The van der Waals surface area contributed by atoms with Gasteiger partial charge in [0.25, 0.3) is 0 Å². The zero-order valence-electron chi connectivity index (χ0n) is 13.5. The highest BCUT2D eigenvalue weighted by Crippen LogP contribution is 2.28. The minimum atomic E-state index is 0.984. The van der Waals surface area contributed by atoms with Gasteiger partial charge in [0.1, 0.15) is 5.75 Å². The highest BCUT2D eigenvalue weighted by Gasteiger charge is 2.18. The van der Waals surface area contributed by atoms with Gasteiger partial charge in [0.15, 0.2) is 0 Å². The Morgan fingerprint density at radius 2 is 1.81 bits per heavy atom. The molecule has 0 unspecified atom stereocenters. The van der Waals surface area contributed by atoms with Crippen molar-refractivity contribution in [2.45, 2.75) is 19.3 Å². The molecule has 0 spiro atoms.